The van der Waals surface area contributed by atoms with Gasteiger partial charge in [0.2, 0.25) is 0 Å². The summed E-state index contributed by atoms with van der Waals surface area (Å²) in [6.45, 7) is 6.18. The molecule has 12 heteroatoms. The van der Waals surface area contributed by atoms with Crippen LogP contribution in [0.1, 0.15) is 77.2 Å². The number of benzene rings is 2. The number of aliphatic hydroxyl groups is 1. The highest BCUT2D eigenvalue weighted by molar-refractivity contribution is 6.01. The summed E-state index contributed by atoms with van der Waals surface area (Å²) in [5.74, 6) is -0.805. The van der Waals surface area contributed by atoms with Gasteiger partial charge < -0.3 is 29.3 Å². The molecule has 4 aromatic rings. The van der Waals surface area contributed by atoms with Crippen molar-refractivity contribution in [2.24, 2.45) is 5.41 Å². The molecule has 2 aromatic carbocycles. The Morgan fingerprint density at radius 1 is 1.04 bits per heavy atom. The lowest BCUT2D eigenvalue weighted by molar-refractivity contribution is -0.0798. The molecule has 2 bridgehead atoms. The number of phenols is 1. The monoisotopic (exact) mass is 729 g/mol. The summed E-state index contributed by atoms with van der Waals surface area (Å²) in [6.07, 6.45) is 12.7. The first-order valence-electron chi connectivity index (χ1n) is 19.5. The first-order chi connectivity index (χ1) is 25.6. The Kier molecular flexibility index (Phi) is 8.95. The third-order valence-corrected chi connectivity index (χ3v) is 12.7. The number of likely N-dealkylation sites (tertiary alicyclic amines) is 1. The van der Waals surface area contributed by atoms with Crippen LogP contribution >= 0.6 is 0 Å². The maximum absolute atomic E-state index is 17.2. The van der Waals surface area contributed by atoms with E-state index >= 15 is 8.78 Å². The molecule has 53 heavy (non-hydrogen) atoms. The second-order valence-electron chi connectivity index (χ2n) is 16.4. The van der Waals surface area contributed by atoms with Crippen LogP contribution in [0.2, 0.25) is 0 Å². The van der Waals surface area contributed by atoms with E-state index in [1.807, 2.05) is 11.8 Å². The molecule has 0 radical (unpaired) electrons. The average Bonchev–Trinajstić information content (AvgIpc) is 3.67. The molecular weight excluding hydrogens is 680 g/mol. The normalized spacial score (nSPS) is 30.5. The van der Waals surface area contributed by atoms with Gasteiger partial charge in [-0.3, -0.25) is 9.88 Å². The number of ether oxygens (including phenoxy) is 3. The van der Waals surface area contributed by atoms with E-state index in [0.29, 0.717) is 78.0 Å². The summed E-state index contributed by atoms with van der Waals surface area (Å²) < 4.78 is 50.8. The van der Waals surface area contributed by atoms with Crippen molar-refractivity contribution in [2.45, 2.75) is 108 Å². The quantitative estimate of drug-likeness (QED) is 0.213. The largest absolute Gasteiger partial charge is 0.508 e. The fraction of sp³-hybridized carbons (Fsp3) is 0.585. The topological polar surface area (TPSA) is 113 Å². The molecule has 2 N–H and O–H groups in total. The highest BCUT2D eigenvalue weighted by atomic mass is 19.1. The van der Waals surface area contributed by atoms with Gasteiger partial charge >= 0.3 is 6.01 Å². The molecule has 5 atom stereocenters. The van der Waals surface area contributed by atoms with E-state index < -0.39 is 17.2 Å². The highest BCUT2D eigenvalue weighted by Crippen LogP contribution is 2.50. The first kappa shape index (κ1) is 35.0. The molecule has 1 saturated carbocycles. The Morgan fingerprint density at radius 3 is 2.66 bits per heavy atom. The van der Waals surface area contributed by atoms with E-state index in [0.717, 1.165) is 51.5 Å². The first-order valence-corrected chi connectivity index (χ1v) is 19.5. The number of nitrogens with zero attached hydrogens (tertiary/aromatic N) is 5. The highest BCUT2D eigenvalue weighted by Gasteiger charge is 2.51. The van der Waals surface area contributed by atoms with E-state index in [4.69, 9.17) is 24.2 Å². The Bertz CT molecular complexity index is 2040. The van der Waals surface area contributed by atoms with Crippen molar-refractivity contribution < 1.29 is 33.2 Å². The number of rotatable bonds is 7. The third-order valence-electron chi connectivity index (χ3n) is 12.7. The maximum atomic E-state index is 17.2. The number of β-amino-alcohol motifs (C(OH)–C–C–N with tert-alkyl or cyclic N) is 1. The lowest BCUT2D eigenvalue weighted by atomic mass is 9.74. The summed E-state index contributed by atoms with van der Waals surface area (Å²) in [5.41, 5.74) is -0.582. The molecule has 4 saturated heterocycles. The Balaban J connectivity index is 1.12. The number of fused-ring (bicyclic) bond motifs is 5. The second kappa shape index (κ2) is 13.5. The molecule has 9 rings (SSSR count). The van der Waals surface area contributed by atoms with E-state index in [1.54, 1.807) is 19.1 Å². The fourth-order valence-electron chi connectivity index (χ4n) is 10.4. The van der Waals surface area contributed by atoms with Crippen LogP contribution in [0, 0.1) is 17.0 Å². The summed E-state index contributed by atoms with van der Waals surface area (Å²) >= 11 is 0. The van der Waals surface area contributed by atoms with Crippen LogP contribution in [-0.2, 0) is 15.9 Å². The van der Waals surface area contributed by atoms with E-state index in [2.05, 4.69) is 9.88 Å². The molecule has 2 aromatic heterocycles. The molecular formula is C41H49F2N5O5. The SMILES string of the molecule is CCc1c(F)ccc2cc(O)cc(-c3ncc4c(N5CCOCC(C)(O)C5)nc(OCC56CCCC5N(C5CC7CCC(C5)O7)CCC6)nc4c3F)c12. The number of aromatic hydroxyl groups is 1. The van der Waals surface area contributed by atoms with Gasteiger partial charge in [0, 0.05) is 35.8 Å². The van der Waals surface area contributed by atoms with Crippen LogP contribution in [0.4, 0.5) is 14.6 Å². The Morgan fingerprint density at radius 2 is 1.85 bits per heavy atom. The predicted octanol–water partition coefficient (Wildman–Crippen LogP) is 6.70. The van der Waals surface area contributed by atoms with Gasteiger partial charge in [0.05, 0.1) is 44.0 Å². The average molecular weight is 730 g/mol. The molecule has 5 aliphatic rings. The summed E-state index contributed by atoms with van der Waals surface area (Å²) in [4.78, 5) is 18.9. The van der Waals surface area contributed by atoms with Gasteiger partial charge in [-0.25, -0.2) is 8.78 Å². The molecule has 5 fully saturated rings. The van der Waals surface area contributed by atoms with Gasteiger partial charge in [0.15, 0.2) is 5.82 Å². The van der Waals surface area contributed by atoms with Crippen LogP contribution in [0.3, 0.4) is 0 Å². The number of hydrogen-bond acceptors (Lipinski definition) is 10. The molecule has 282 valence electrons. The number of phenolic OH excluding ortho intramolecular Hbond substituents is 1. The van der Waals surface area contributed by atoms with Crippen LogP contribution in [0.15, 0.2) is 30.5 Å². The minimum atomic E-state index is -1.17. The number of hydrogen-bond donors (Lipinski definition) is 2. The number of aryl methyl sites for hydroxylation is 1. The molecule has 1 aliphatic carbocycles. The zero-order chi connectivity index (χ0) is 36.5. The third kappa shape index (κ3) is 6.29. The van der Waals surface area contributed by atoms with Crippen molar-refractivity contribution in [1.82, 2.24) is 19.9 Å². The molecule has 5 unspecified atom stereocenters. The van der Waals surface area contributed by atoms with Crippen molar-refractivity contribution >= 4 is 27.5 Å². The molecule has 0 amide bonds. The number of pyridine rings is 1. The van der Waals surface area contributed by atoms with Gasteiger partial charge in [0.25, 0.3) is 0 Å². The van der Waals surface area contributed by atoms with Crippen LogP contribution in [-0.4, -0.2) is 99.4 Å². The zero-order valence-corrected chi connectivity index (χ0v) is 30.6. The van der Waals surface area contributed by atoms with Crippen LogP contribution in [0.5, 0.6) is 11.8 Å². The van der Waals surface area contributed by atoms with Crippen molar-refractivity contribution in [3.63, 3.8) is 0 Å². The number of halogens is 2. The van der Waals surface area contributed by atoms with Gasteiger partial charge in [-0.2, -0.15) is 9.97 Å². The van der Waals surface area contributed by atoms with Crippen molar-refractivity contribution in [3.05, 3.63) is 47.7 Å². The molecule has 6 heterocycles. The van der Waals surface area contributed by atoms with Crippen molar-refractivity contribution in [1.29, 1.82) is 0 Å². The van der Waals surface area contributed by atoms with Gasteiger partial charge in [-0.1, -0.05) is 19.4 Å². The van der Waals surface area contributed by atoms with Crippen molar-refractivity contribution in [2.75, 3.05) is 44.4 Å². The van der Waals surface area contributed by atoms with E-state index in [1.165, 1.54) is 31.2 Å². The van der Waals surface area contributed by atoms with Crippen LogP contribution < -0.4 is 9.64 Å². The molecule has 4 aliphatic heterocycles. The summed E-state index contributed by atoms with van der Waals surface area (Å²) in [7, 11) is 0. The Hall–Kier alpha value is -3.71. The van der Waals surface area contributed by atoms with Gasteiger partial charge in [-0.05, 0) is 106 Å². The van der Waals surface area contributed by atoms with E-state index in [-0.39, 0.29) is 47.1 Å². The Labute approximate surface area is 308 Å². The second-order valence-corrected chi connectivity index (χ2v) is 16.4. The predicted molar refractivity (Wildman–Crippen MR) is 197 cm³/mol. The summed E-state index contributed by atoms with van der Waals surface area (Å²) in [6, 6.07) is 6.92. The van der Waals surface area contributed by atoms with Crippen LogP contribution in [0.25, 0.3) is 32.9 Å². The number of aromatic nitrogens is 3. The number of anilines is 1. The van der Waals surface area contributed by atoms with Crippen molar-refractivity contribution in [3.8, 4) is 23.0 Å². The minimum Gasteiger partial charge on any atom is -0.508 e. The van der Waals surface area contributed by atoms with Gasteiger partial charge in [-0.15, -0.1) is 0 Å². The van der Waals surface area contributed by atoms with E-state index in [9.17, 15) is 10.2 Å². The van der Waals surface area contributed by atoms with Gasteiger partial charge in [0.1, 0.15) is 34.2 Å². The molecule has 10 nitrogen and oxygen atoms in total. The summed E-state index contributed by atoms with van der Waals surface area (Å²) in [5, 5.41) is 23.3. The lowest BCUT2D eigenvalue weighted by Crippen LogP contribution is -2.57. The maximum Gasteiger partial charge on any atom is 0.319 e. The fourth-order valence-corrected chi connectivity index (χ4v) is 10.4. The minimum absolute atomic E-state index is 0.00850. The standard InChI is InChI=1S/C41H49F2N5O5/c1-3-29-32(42)10-7-24-16-26(49)19-30(34(24)29)36-35(43)37-31(20-44-36)38(47-14-15-51-22-40(2,50)21-47)46-39(45-37)52-23-41-11-4-6-33(41)48(13-5-12-41)25-17-27-8-9-28(18-25)53-27/h7,10,16,19-20,25,27-28,33,49-50H,3-6,8-9,11-15,17-18,21-23H2,1-2H3. The molecule has 0 spiro atoms. The lowest BCUT2D eigenvalue weighted by Gasteiger charge is -2.50. The zero-order valence-electron chi connectivity index (χ0n) is 30.6. The number of piperidine rings is 1. The smallest absolute Gasteiger partial charge is 0.319 e.